The van der Waals surface area contributed by atoms with E-state index in [9.17, 15) is 5.11 Å². The molecule has 0 radical (unpaired) electrons. The monoisotopic (exact) mass is 314 g/mol. The van der Waals surface area contributed by atoms with Crippen LogP contribution in [-0.2, 0) is 7.05 Å². The van der Waals surface area contributed by atoms with E-state index in [1.165, 1.54) is 0 Å². The molecule has 1 atom stereocenters. The molecule has 1 heterocycles. The predicted octanol–water partition coefficient (Wildman–Crippen LogP) is 3.23. The third-order valence-electron chi connectivity index (χ3n) is 2.71. The van der Waals surface area contributed by atoms with Crippen molar-refractivity contribution in [3.63, 3.8) is 0 Å². The highest BCUT2D eigenvalue weighted by Crippen LogP contribution is 2.33. The maximum absolute atomic E-state index is 10.4. The van der Waals surface area contributed by atoms with Crippen LogP contribution in [0.15, 0.2) is 28.9 Å². The molecule has 1 aromatic carbocycles. The third kappa shape index (κ3) is 2.25. The van der Waals surface area contributed by atoms with E-state index in [0.717, 1.165) is 10.0 Å². The molecule has 2 aromatic rings. The van der Waals surface area contributed by atoms with Crippen LogP contribution in [0.3, 0.4) is 0 Å². The molecule has 1 unspecified atom stereocenters. The lowest BCUT2D eigenvalue weighted by Crippen LogP contribution is -2.08. The molecular weight excluding hydrogens is 304 g/mol. The van der Waals surface area contributed by atoms with Crippen LogP contribution in [0.4, 0.5) is 0 Å². The summed E-state index contributed by atoms with van der Waals surface area (Å²) in [5.41, 5.74) is 2.33. The first-order chi connectivity index (χ1) is 8.02. The van der Waals surface area contributed by atoms with Crippen LogP contribution in [-0.4, -0.2) is 14.9 Å². The first kappa shape index (κ1) is 12.6. The highest BCUT2D eigenvalue weighted by Gasteiger charge is 2.20. The second kappa shape index (κ2) is 4.80. The molecule has 1 N–H and O–H groups in total. The minimum Gasteiger partial charge on any atom is -0.382 e. The zero-order valence-corrected chi connectivity index (χ0v) is 11.8. The lowest BCUT2D eigenvalue weighted by Gasteiger charge is -2.15. The van der Waals surface area contributed by atoms with Gasteiger partial charge in [-0.05, 0) is 28.4 Å². The van der Waals surface area contributed by atoms with Gasteiger partial charge >= 0.3 is 0 Å². The molecule has 5 heteroatoms. The quantitative estimate of drug-likeness (QED) is 0.924. The predicted molar refractivity (Wildman–Crippen MR) is 71.2 cm³/mol. The first-order valence-corrected chi connectivity index (χ1v) is 6.30. The number of halogens is 2. The fourth-order valence-corrected chi connectivity index (χ4v) is 2.55. The van der Waals surface area contributed by atoms with Crippen molar-refractivity contribution in [2.75, 3.05) is 0 Å². The Morgan fingerprint density at radius 2 is 2.18 bits per heavy atom. The van der Waals surface area contributed by atoms with Crippen molar-refractivity contribution in [1.29, 1.82) is 0 Å². The lowest BCUT2D eigenvalue weighted by molar-refractivity contribution is 0.209. The minimum absolute atomic E-state index is 0.591. The van der Waals surface area contributed by atoms with E-state index >= 15 is 0 Å². The van der Waals surface area contributed by atoms with E-state index in [4.69, 9.17) is 11.6 Å². The molecule has 0 aliphatic carbocycles. The van der Waals surface area contributed by atoms with Crippen molar-refractivity contribution in [2.24, 2.45) is 7.05 Å². The molecule has 1 aromatic heterocycles. The van der Waals surface area contributed by atoms with E-state index in [2.05, 4.69) is 21.0 Å². The van der Waals surface area contributed by atoms with Crippen molar-refractivity contribution in [1.82, 2.24) is 9.78 Å². The Kier molecular flexibility index (Phi) is 3.56. The Morgan fingerprint density at radius 1 is 1.47 bits per heavy atom. The van der Waals surface area contributed by atoms with Gasteiger partial charge in [-0.3, -0.25) is 4.68 Å². The Bertz CT molecular complexity index is 534. The largest absolute Gasteiger partial charge is 0.382 e. The van der Waals surface area contributed by atoms with Crippen LogP contribution in [0.1, 0.15) is 22.9 Å². The standard InChI is InChI=1S/C12H12BrClN2O/c1-7-4-3-5-8(10(7)14)12(17)11-9(13)6-15-16(11)2/h3-6,12,17H,1-2H3. The average Bonchev–Trinajstić information content (AvgIpc) is 2.62. The summed E-state index contributed by atoms with van der Waals surface area (Å²) in [7, 11) is 1.78. The SMILES string of the molecule is Cc1cccc(C(O)c2c(Br)cnn2C)c1Cl. The Morgan fingerprint density at radius 3 is 2.76 bits per heavy atom. The molecule has 0 spiro atoms. The van der Waals surface area contributed by atoms with Crippen molar-refractivity contribution in [2.45, 2.75) is 13.0 Å². The number of rotatable bonds is 2. The summed E-state index contributed by atoms with van der Waals surface area (Å²) in [6, 6.07) is 5.61. The second-order valence-electron chi connectivity index (χ2n) is 3.88. The molecule has 0 saturated heterocycles. The van der Waals surface area contributed by atoms with Crippen molar-refractivity contribution in [3.05, 3.63) is 50.7 Å². The van der Waals surface area contributed by atoms with Crippen LogP contribution in [0.25, 0.3) is 0 Å². The molecule has 3 nitrogen and oxygen atoms in total. The summed E-state index contributed by atoms with van der Waals surface area (Å²) in [5, 5.41) is 15.0. The summed E-state index contributed by atoms with van der Waals surface area (Å²) in [6.07, 6.45) is 0.867. The van der Waals surface area contributed by atoms with Crippen LogP contribution in [0.5, 0.6) is 0 Å². The van der Waals surface area contributed by atoms with Crippen LogP contribution >= 0.6 is 27.5 Å². The van der Waals surface area contributed by atoms with Crippen molar-refractivity contribution >= 4 is 27.5 Å². The minimum atomic E-state index is -0.788. The van der Waals surface area contributed by atoms with Gasteiger partial charge in [0.1, 0.15) is 6.10 Å². The summed E-state index contributed by atoms with van der Waals surface area (Å²) in [6.45, 7) is 1.91. The summed E-state index contributed by atoms with van der Waals surface area (Å²) >= 11 is 9.58. The van der Waals surface area contributed by atoms with Gasteiger partial charge in [0.2, 0.25) is 0 Å². The molecule has 17 heavy (non-hydrogen) atoms. The van der Waals surface area contributed by atoms with Gasteiger partial charge in [-0.1, -0.05) is 29.8 Å². The van der Waals surface area contributed by atoms with Crippen LogP contribution in [0, 0.1) is 6.92 Å². The molecule has 0 aliphatic rings. The average molecular weight is 316 g/mol. The molecule has 0 fully saturated rings. The van der Waals surface area contributed by atoms with Gasteiger partial charge in [-0.25, -0.2) is 0 Å². The van der Waals surface area contributed by atoms with E-state index in [1.54, 1.807) is 17.9 Å². The first-order valence-electron chi connectivity index (χ1n) is 5.13. The summed E-state index contributed by atoms with van der Waals surface area (Å²) in [5.74, 6) is 0. The Balaban J connectivity index is 2.51. The van der Waals surface area contributed by atoms with Gasteiger partial charge in [0.15, 0.2) is 0 Å². The van der Waals surface area contributed by atoms with Gasteiger partial charge in [0.05, 0.1) is 16.4 Å². The fourth-order valence-electron chi connectivity index (χ4n) is 1.76. The fraction of sp³-hybridized carbons (Fsp3) is 0.250. The summed E-state index contributed by atoms with van der Waals surface area (Å²) in [4.78, 5) is 0. The van der Waals surface area contributed by atoms with Gasteiger partial charge < -0.3 is 5.11 Å². The van der Waals surface area contributed by atoms with Gasteiger partial charge in [0, 0.05) is 17.6 Å². The Hall–Kier alpha value is -0.840. The molecule has 2 rings (SSSR count). The molecule has 0 aliphatic heterocycles. The topological polar surface area (TPSA) is 38.1 Å². The number of hydrogen-bond donors (Lipinski definition) is 1. The molecule has 90 valence electrons. The maximum Gasteiger partial charge on any atom is 0.123 e. The number of aromatic nitrogens is 2. The van der Waals surface area contributed by atoms with E-state index in [0.29, 0.717) is 16.3 Å². The maximum atomic E-state index is 10.4. The second-order valence-corrected chi connectivity index (χ2v) is 5.11. The number of nitrogens with zero attached hydrogens (tertiary/aromatic N) is 2. The van der Waals surface area contributed by atoms with Crippen LogP contribution in [0.2, 0.25) is 5.02 Å². The van der Waals surface area contributed by atoms with E-state index in [-0.39, 0.29) is 0 Å². The zero-order valence-electron chi connectivity index (χ0n) is 9.48. The number of aryl methyl sites for hydroxylation is 2. The number of hydrogen-bond acceptors (Lipinski definition) is 2. The normalized spacial score (nSPS) is 12.8. The molecule has 0 saturated carbocycles. The number of aliphatic hydroxyl groups is 1. The van der Waals surface area contributed by atoms with Crippen molar-refractivity contribution in [3.8, 4) is 0 Å². The molecule has 0 amide bonds. The van der Waals surface area contributed by atoms with E-state index in [1.807, 2.05) is 25.1 Å². The smallest absolute Gasteiger partial charge is 0.123 e. The van der Waals surface area contributed by atoms with Crippen LogP contribution < -0.4 is 0 Å². The number of aliphatic hydroxyl groups excluding tert-OH is 1. The van der Waals surface area contributed by atoms with E-state index < -0.39 is 6.10 Å². The molecule has 0 bridgehead atoms. The highest BCUT2D eigenvalue weighted by atomic mass is 79.9. The van der Waals surface area contributed by atoms with Gasteiger partial charge in [0.25, 0.3) is 0 Å². The number of benzene rings is 1. The molecular formula is C12H12BrClN2O. The Labute approximate surface area is 113 Å². The van der Waals surface area contributed by atoms with Crippen molar-refractivity contribution < 1.29 is 5.11 Å². The zero-order chi connectivity index (χ0) is 12.6. The third-order valence-corrected chi connectivity index (χ3v) is 3.84. The highest BCUT2D eigenvalue weighted by molar-refractivity contribution is 9.10. The van der Waals surface area contributed by atoms with Gasteiger partial charge in [-0.2, -0.15) is 5.10 Å². The van der Waals surface area contributed by atoms with Gasteiger partial charge in [-0.15, -0.1) is 0 Å². The lowest BCUT2D eigenvalue weighted by atomic mass is 10.0. The summed E-state index contributed by atoms with van der Waals surface area (Å²) < 4.78 is 2.40.